The second-order valence-corrected chi connectivity index (χ2v) is 20.4. The molecule has 0 saturated heterocycles. The Hall–Kier alpha value is -3.61. The molecule has 0 nitrogen and oxygen atoms in total. The third-order valence-corrected chi connectivity index (χ3v) is 19.8. The Labute approximate surface area is 361 Å². The third-order valence-electron chi connectivity index (χ3n) is 11.4. The van der Waals surface area contributed by atoms with E-state index in [0.29, 0.717) is 19.3 Å². The van der Waals surface area contributed by atoms with Crippen LogP contribution < -0.4 is 52.8 Å². The van der Waals surface area contributed by atoms with Gasteiger partial charge in [0, 0.05) is 0 Å². The van der Waals surface area contributed by atoms with E-state index in [9.17, 15) is 13.2 Å². The van der Waals surface area contributed by atoms with Crippen molar-refractivity contribution < 1.29 is 70.8 Å². The molecule has 56 heavy (non-hydrogen) atoms. The van der Waals surface area contributed by atoms with Gasteiger partial charge in [0.25, 0.3) is 0 Å². The maximum atomic E-state index is 13.9. The van der Waals surface area contributed by atoms with E-state index in [0.717, 1.165) is 16.7 Å². The van der Waals surface area contributed by atoms with Crippen LogP contribution in [0.3, 0.4) is 0 Å². The van der Waals surface area contributed by atoms with Crippen LogP contribution in [-0.4, -0.2) is 8.07 Å². The first-order valence-corrected chi connectivity index (χ1v) is 20.9. The van der Waals surface area contributed by atoms with E-state index in [1.54, 1.807) is 0 Å². The van der Waals surface area contributed by atoms with Crippen LogP contribution in [0.25, 0.3) is 0 Å². The number of halogens is 6. The molecule has 0 N–H and O–H groups in total. The van der Waals surface area contributed by atoms with E-state index >= 15 is 0 Å². The van der Waals surface area contributed by atoms with Gasteiger partial charge in [-0.2, -0.15) is 0 Å². The molecule has 0 unspecified atom stereocenters. The molecule has 0 spiro atoms. The molecular weight excluding hydrogens is 816 g/mol. The Morgan fingerprint density at radius 1 is 0.411 bits per heavy atom. The van der Waals surface area contributed by atoms with Crippen molar-refractivity contribution in [3.05, 3.63) is 219 Å². The molecule has 284 valence electrons. The first-order valence-electron chi connectivity index (χ1n) is 18.1. The van der Waals surface area contributed by atoms with Gasteiger partial charge in [0.2, 0.25) is 0 Å². The van der Waals surface area contributed by atoms with Crippen molar-refractivity contribution in [3.8, 4) is 0 Å². The fourth-order valence-corrected chi connectivity index (χ4v) is 17.0. The second-order valence-electron chi connectivity index (χ2n) is 14.5. The van der Waals surface area contributed by atoms with Crippen LogP contribution in [0.1, 0.15) is 61.1 Å². The Bertz CT molecular complexity index is 2110. The summed E-state index contributed by atoms with van der Waals surface area (Å²) >= 11 is 2.47. The molecule has 7 rings (SSSR count). The van der Waals surface area contributed by atoms with Gasteiger partial charge in [0.05, 0.1) is 0 Å². The molecule has 0 fully saturated rings. The minimum Gasteiger partial charge on any atom is -1.00 e. The molecule has 1 aliphatic rings. The van der Waals surface area contributed by atoms with Crippen molar-refractivity contribution >= 4 is 23.6 Å². The SMILES string of the molecule is CC1=C(C)[C]([Ti+3])([Si](c2cccc(Cc3ccc(F)cc3)c2)(c2cccc(Cc3ccc(F)cc3)c2)c2cccc(Cc3ccc(F)cc3)c2)C(C)=C1C.[Cl-].[Cl-].[Cl-]. The summed E-state index contributed by atoms with van der Waals surface area (Å²) < 4.78 is 41.4. The van der Waals surface area contributed by atoms with Crippen LogP contribution in [-0.2, 0) is 39.7 Å². The molecular formula is C48H42Cl3F3SiTi. The molecule has 0 radical (unpaired) electrons. The summed E-state index contributed by atoms with van der Waals surface area (Å²) in [6.07, 6.45) is 2.06. The van der Waals surface area contributed by atoms with Gasteiger partial charge in [0.1, 0.15) is 0 Å². The minimum absolute atomic E-state index is 0. The van der Waals surface area contributed by atoms with Crippen LogP contribution in [0.4, 0.5) is 13.2 Å². The zero-order valence-electron chi connectivity index (χ0n) is 31.7. The first kappa shape index (κ1) is 45.1. The smallest absolute Gasteiger partial charge is 1.00 e. The Balaban J connectivity index is 0.00000232. The zero-order chi connectivity index (χ0) is 37.3. The molecule has 6 aromatic carbocycles. The molecule has 0 aliphatic heterocycles. The number of rotatable bonds is 10. The molecule has 0 saturated carbocycles. The third kappa shape index (κ3) is 8.62. The topological polar surface area (TPSA) is 0 Å². The second kappa shape index (κ2) is 18.8. The predicted molar refractivity (Wildman–Crippen MR) is 211 cm³/mol. The van der Waals surface area contributed by atoms with Gasteiger partial charge in [0.15, 0.2) is 0 Å². The number of allylic oxidation sites excluding steroid dienone is 4. The number of hydrogen-bond acceptors (Lipinski definition) is 0. The van der Waals surface area contributed by atoms with E-state index in [-0.39, 0.29) is 58.0 Å². The van der Waals surface area contributed by atoms with Crippen molar-refractivity contribution in [1.82, 2.24) is 0 Å². The average molecular weight is 858 g/mol. The quantitative estimate of drug-likeness (QED) is 0.144. The summed E-state index contributed by atoms with van der Waals surface area (Å²) in [5.74, 6) is -0.710. The van der Waals surface area contributed by atoms with Crippen LogP contribution >= 0.6 is 0 Å². The summed E-state index contributed by atoms with van der Waals surface area (Å²) in [5.41, 5.74) is 12.2. The normalized spacial score (nSPS) is 13.5. The van der Waals surface area contributed by atoms with Crippen LogP contribution in [0, 0.1) is 17.5 Å². The minimum atomic E-state index is -3.09. The van der Waals surface area contributed by atoms with E-state index in [1.165, 1.54) is 90.9 Å². The van der Waals surface area contributed by atoms with E-state index in [1.807, 2.05) is 36.4 Å². The number of benzene rings is 6. The van der Waals surface area contributed by atoms with Gasteiger partial charge >= 0.3 is 326 Å². The number of hydrogen-bond donors (Lipinski definition) is 0. The summed E-state index contributed by atoms with van der Waals surface area (Å²) in [6, 6.07) is 47.7. The summed E-state index contributed by atoms with van der Waals surface area (Å²) in [7, 11) is -3.09. The monoisotopic (exact) mass is 856 g/mol. The maximum absolute atomic E-state index is 13.9. The van der Waals surface area contributed by atoms with E-state index in [2.05, 4.69) is 121 Å². The van der Waals surface area contributed by atoms with Gasteiger partial charge < -0.3 is 37.2 Å². The predicted octanol–water partition coefficient (Wildman–Crippen LogP) is 1.29. The van der Waals surface area contributed by atoms with Crippen LogP contribution in [0.2, 0.25) is 3.34 Å². The molecule has 0 bridgehead atoms. The van der Waals surface area contributed by atoms with Crippen molar-refractivity contribution in [2.24, 2.45) is 0 Å². The summed E-state index contributed by atoms with van der Waals surface area (Å²) in [5, 5.41) is 3.91. The Kier molecular flexibility index (Phi) is 15.1. The van der Waals surface area contributed by atoms with Crippen LogP contribution in [0.5, 0.6) is 0 Å². The van der Waals surface area contributed by atoms with Gasteiger partial charge in [-0.25, -0.2) is 0 Å². The largest absolute Gasteiger partial charge is 1.00 e. The molecule has 0 heterocycles. The first-order chi connectivity index (χ1) is 25.5. The molecule has 0 amide bonds. The van der Waals surface area contributed by atoms with E-state index in [4.69, 9.17) is 0 Å². The van der Waals surface area contributed by atoms with Gasteiger partial charge in [-0.1, -0.05) is 0 Å². The zero-order valence-corrected chi connectivity index (χ0v) is 36.6. The van der Waals surface area contributed by atoms with Gasteiger partial charge in [-0.05, 0) is 0 Å². The molecule has 6 aromatic rings. The molecule has 8 heteroatoms. The fraction of sp³-hybridized carbons (Fsp3) is 0.167. The maximum Gasteiger partial charge on any atom is -1.00 e. The fourth-order valence-electron chi connectivity index (χ4n) is 8.38. The summed E-state index contributed by atoms with van der Waals surface area (Å²) in [6.45, 7) is 9.17. The molecule has 0 aromatic heterocycles. The van der Waals surface area contributed by atoms with Gasteiger partial charge in [-0.3, -0.25) is 0 Å². The van der Waals surface area contributed by atoms with Crippen LogP contribution in [0.15, 0.2) is 168 Å². The van der Waals surface area contributed by atoms with Crippen molar-refractivity contribution in [1.29, 1.82) is 0 Å². The van der Waals surface area contributed by atoms with Crippen molar-refractivity contribution in [2.75, 3.05) is 0 Å². The van der Waals surface area contributed by atoms with Crippen molar-refractivity contribution in [2.45, 2.75) is 50.3 Å². The Morgan fingerprint density at radius 2 is 0.679 bits per heavy atom. The summed E-state index contributed by atoms with van der Waals surface area (Å²) in [4.78, 5) is 0. The average Bonchev–Trinajstić information content (AvgIpc) is 3.31. The standard InChI is InChI=1S/C48H42F3Si.3ClH.Ti/c1-32-33(2)35(4)48(34(32)3)52(45-11-5-8-39(29-45)26-36-14-20-42(49)21-15-36,46-12-6-9-40(30-46)27-37-16-22-43(50)23-17-37)47-13-7-10-41(31-47)28-38-18-24-44(51)25-19-38;;;;/h5-25,29-31H,26-28H2,1-4H3;3*1H;/q;;;;+3/p-3. The van der Waals surface area contributed by atoms with Crippen molar-refractivity contribution in [3.63, 3.8) is 0 Å². The Morgan fingerprint density at radius 3 is 0.946 bits per heavy atom. The molecule has 1 aliphatic carbocycles. The molecule has 0 atom stereocenters. The van der Waals surface area contributed by atoms with E-state index < -0.39 is 8.07 Å². The van der Waals surface area contributed by atoms with Gasteiger partial charge in [-0.15, -0.1) is 0 Å².